The fraction of sp³-hybridized carbons (Fsp3) is 0.208. The topological polar surface area (TPSA) is 75.3 Å². The van der Waals surface area contributed by atoms with E-state index in [1.54, 1.807) is 45.0 Å². The Balaban J connectivity index is 1.66. The van der Waals surface area contributed by atoms with Gasteiger partial charge in [-0.15, -0.1) is 0 Å². The molecular weight excluding hydrogens is 396 g/mol. The maximum atomic E-state index is 12.5. The standard InChI is InChI=1S/C24H26N2O3S/c1-17-5-7-18(8-6-17)19-9-13-21(14-10-19)25-23(27)20-11-15-22(16-12-20)26-30(28,29)24(2,3)4/h5-16,26H,1-4H3,(H,25,27). The molecule has 0 unspecified atom stereocenters. The molecule has 1 amide bonds. The van der Waals surface area contributed by atoms with Gasteiger partial charge in [0.15, 0.2) is 0 Å². The van der Waals surface area contributed by atoms with Gasteiger partial charge in [-0.05, 0) is 75.2 Å². The van der Waals surface area contributed by atoms with Gasteiger partial charge in [-0.2, -0.15) is 0 Å². The van der Waals surface area contributed by atoms with E-state index in [1.165, 1.54) is 5.56 Å². The van der Waals surface area contributed by atoms with E-state index < -0.39 is 14.8 Å². The number of carbonyl (C=O) groups excluding carboxylic acids is 1. The van der Waals surface area contributed by atoms with E-state index in [-0.39, 0.29) is 5.91 Å². The van der Waals surface area contributed by atoms with Gasteiger partial charge in [-0.25, -0.2) is 8.42 Å². The second-order valence-electron chi connectivity index (χ2n) is 8.19. The summed E-state index contributed by atoms with van der Waals surface area (Å²) in [5.41, 5.74) is 4.95. The Morgan fingerprint density at radius 2 is 1.20 bits per heavy atom. The molecule has 0 heterocycles. The SMILES string of the molecule is Cc1ccc(-c2ccc(NC(=O)c3ccc(NS(=O)(=O)C(C)(C)C)cc3)cc2)cc1. The van der Waals surface area contributed by atoms with Crippen molar-refractivity contribution in [2.24, 2.45) is 0 Å². The van der Waals surface area contributed by atoms with Crippen molar-refractivity contribution in [3.63, 3.8) is 0 Å². The van der Waals surface area contributed by atoms with Crippen LogP contribution in [0.1, 0.15) is 36.7 Å². The molecule has 5 nitrogen and oxygen atoms in total. The second-order valence-corrected chi connectivity index (χ2v) is 10.6. The fourth-order valence-corrected chi connectivity index (χ4v) is 3.45. The van der Waals surface area contributed by atoms with Crippen LogP contribution in [0.3, 0.4) is 0 Å². The molecule has 0 radical (unpaired) electrons. The highest BCUT2D eigenvalue weighted by molar-refractivity contribution is 7.94. The van der Waals surface area contributed by atoms with Crippen LogP contribution in [0, 0.1) is 6.92 Å². The average molecular weight is 423 g/mol. The summed E-state index contributed by atoms with van der Waals surface area (Å²) in [6.45, 7) is 6.93. The number of hydrogen-bond acceptors (Lipinski definition) is 3. The maximum absolute atomic E-state index is 12.5. The van der Waals surface area contributed by atoms with Gasteiger partial charge in [0.1, 0.15) is 0 Å². The van der Waals surface area contributed by atoms with Crippen LogP contribution in [0.5, 0.6) is 0 Å². The van der Waals surface area contributed by atoms with E-state index in [0.29, 0.717) is 16.9 Å². The number of anilines is 2. The lowest BCUT2D eigenvalue weighted by molar-refractivity contribution is 0.102. The maximum Gasteiger partial charge on any atom is 0.255 e. The number of benzene rings is 3. The van der Waals surface area contributed by atoms with Crippen molar-refractivity contribution in [3.05, 3.63) is 83.9 Å². The lowest BCUT2D eigenvalue weighted by atomic mass is 10.0. The number of rotatable bonds is 5. The highest BCUT2D eigenvalue weighted by atomic mass is 32.2. The third-order valence-electron chi connectivity index (χ3n) is 4.73. The summed E-state index contributed by atoms with van der Waals surface area (Å²) in [6.07, 6.45) is 0. The van der Waals surface area contributed by atoms with Crippen LogP contribution in [0.2, 0.25) is 0 Å². The van der Waals surface area contributed by atoms with E-state index in [1.807, 2.05) is 24.3 Å². The van der Waals surface area contributed by atoms with Crippen LogP contribution in [-0.4, -0.2) is 19.1 Å². The molecule has 0 spiro atoms. The van der Waals surface area contributed by atoms with Crippen LogP contribution in [0.25, 0.3) is 11.1 Å². The number of amides is 1. The molecule has 0 saturated heterocycles. The van der Waals surface area contributed by atoms with Crippen molar-refractivity contribution >= 4 is 27.3 Å². The molecule has 0 fully saturated rings. The van der Waals surface area contributed by atoms with E-state index in [9.17, 15) is 13.2 Å². The van der Waals surface area contributed by atoms with Gasteiger partial charge in [-0.1, -0.05) is 42.0 Å². The minimum atomic E-state index is -3.51. The Morgan fingerprint density at radius 3 is 1.70 bits per heavy atom. The Morgan fingerprint density at radius 1 is 0.733 bits per heavy atom. The van der Waals surface area contributed by atoms with Crippen molar-refractivity contribution in [1.29, 1.82) is 0 Å². The summed E-state index contributed by atoms with van der Waals surface area (Å²) in [7, 11) is -3.51. The Labute approximate surface area is 178 Å². The Kier molecular flexibility index (Phi) is 5.99. The van der Waals surface area contributed by atoms with Crippen LogP contribution in [0.15, 0.2) is 72.8 Å². The molecule has 3 rings (SSSR count). The van der Waals surface area contributed by atoms with E-state index in [4.69, 9.17) is 0 Å². The monoisotopic (exact) mass is 422 g/mol. The molecule has 6 heteroatoms. The van der Waals surface area contributed by atoms with Crippen molar-refractivity contribution in [2.75, 3.05) is 10.0 Å². The first-order valence-electron chi connectivity index (χ1n) is 9.66. The number of carbonyl (C=O) groups is 1. The predicted molar refractivity (Wildman–Crippen MR) is 123 cm³/mol. The number of hydrogen-bond donors (Lipinski definition) is 2. The van der Waals surface area contributed by atoms with Crippen molar-refractivity contribution in [3.8, 4) is 11.1 Å². The van der Waals surface area contributed by atoms with Gasteiger partial charge < -0.3 is 5.32 Å². The summed E-state index contributed by atoms with van der Waals surface area (Å²) in [6, 6.07) is 22.3. The quantitative estimate of drug-likeness (QED) is 0.574. The number of aryl methyl sites for hydroxylation is 1. The minimum Gasteiger partial charge on any atom is -0.322 e. The normalized spacial score (nSPS) is 11.7. The third-order valence-corrected chi connectivity index (χ3v) is 6.85. The van der Waals surface area contributed by atoms with Gasteiger partial charge in [0.05, 0.1) is 4.75 Å². The lowest BCUT2D eigenvalue weighted by Gasteiger charge is -2.20. The molecule has 0 aliphatic rings. The first-order valence-corrected chi connectivity index (χ1v) is 11.1. The predicted octanol–water partition coefficient (Wildman–Crippen LogP) is 5.45. The summed E-state index contributed by atoms with van der Waals surface area (Å²) in [4.78, 5) is 12.5. The Bertz CT molecular complexity index is 1130. The molecule has 0 atom stereocenters. The highest BCUT2D eigenvalue weighted by Crippen LogP contribution is 2.23. The van der Waals surface area contributed by atoms with Gasteiger partial charge in [0.2, 0.25) is 10.0 Å². The van der Waals surface area contributed by atoms with Gasteiger partial charge in [0, 0.05) is 16.9 Å². The molecule has 156 valence electrons. The molecule has 3 aromatic carbocycles. The average Bonchev–Trinajstić information content (AvgIpc) is 2.68. The molecule has 0 bridgehead atoms. The molecule has 0 aliphatic carbocycles. The first kappa shape index (κ1) is 21.6. The third kappa shape index (κ3) is 5.07. The van der Waals surface area contributed by atoms with Gasteiger partial charge >= 0.3 is 0 Å². The smallest absolute Gasteiger partial charge is 0.255 e. The summed E-state index contributed by atoms with van der Waals surface area (Å²) in [5.74, 6) is -0.261. The van der Waals surface area contributed by atoms with Crippen LogP contribution in [0.4, 0.5) is 11.4 Å². The van der Waals surface area contributed by atoms with E-state index in [2.05, 4.69) is 41.2 Å². The molecule has 2 N–H and O–H groups in total. The van der Waals surface area contributed by atoms with Crippen LogP contribution in [-0.2, 0) is 10.0 Å². The van der Waals surface area contributed by atoms with Crippen molar-refractivity contribution in [2.45, 2.75) is 32.4 Å². The lowest BCUT2D eigenvalue weighted by Crippen LogP contribution is -2.33. The molecule has 30 heavy (non-hydrogen) atoms. The molecule has 0 aliphatic heterocycles. The molecule has 3 aromatic rings. The van der Waals surface area contributed by atoms with Gasteiger partial charge in [-0.3, -0.25) is 9.52 Å². The second kappa shape index (κ2) is 8.32. The Hall–Kier alpha value is -3.12. The highest BCUT2D eigenvalue weighted by Gasteiger charge is 2.28. The first-order chi connectivity index (χ1) is 14.0. The van der Waals surface area contributed by atoms with Crippen LogP contribution < -0.4 is 10.0 Å². The number of sulfonamides is 1. The van der Waals surface area contributed by atoms with Crippen molar-refractivity contribution < 1.29 is 13.2 Å². The van der Waals surface area contributed by atoms with Gasteiger partial charge in [0.25, 0.3) is 5.91 Å². The summed E-state index contributed by atoms with van der Waals surface area (Å²) < 4.78 is 26.1. The van der Waals surface area contributed by atoms with Crippen LogP contribution >= 0.6 is 0 Å². The van der Waals surface area contributed by atoms with Crippen molar-refractivity contribution in [1.82, 2.24) is 0 Å². The summed E-state index contributed by atoms with van der Waals surface area (Å²) >= 11 is 0. The zero-order valence-corrected chi connectivity index (χ0v) is 18.4. The zero-order valence-electron chi connectivity index (χ0n) is 17.6. The largest absolute Gasteiger partial charge is 0.322 e. The fourth-order valence-electron chi connectivity index (χ4n) is 2.69. The number of nitrogens with one attached hydrogen (secondary N) is 2. The minimum absolute atomic E-state index is 0.261. The zero-order chi connectivity index (χ0) is 21.9. The summed E-state index contributed by atoms with van der Waals surface area (Å²) in [5, 5.41) is 2.86. The van der Waals surface area contributed by atoms with E-state index in [0.717, 1.165) is 11.1 Å². The van der Waals surface area contributed by atoms with E-state index >= 15 is 0 Å². The molecule has 0 saturated carbocycles. The molecule has 0 aromatic heterocycles. The molecular formula is C24H26N2O3S.